The Bertz CT molecular complexity index is 2860. The van der Waals surface area contributed by atoms with Crippen molar-refractivity contribution in [1.29, 1.82) is 0 Å². The molecule has 0 heterocycles. The van der Waals surface area contributed by atoms with Gasteiger partial charge in [0.05, 0.1) is 11.1 Å². The van der Waals surface area contributed by atoms with E-state index in [1.807, 2.05) is 66.7 Å². The number of rotatable bonds is 16. The fourth-order valence-electron chi connectivity index (χ4n) is 8.21. The number of esters is 2. The maximum absolute atomic E-state index is 12.5. The molecule has 0 saturated carbocycles. The lowest BCUT2D eigenvalue weighted by Gasteiger charge is -2.15. The lowest BCUT2D eigenvalue weighted by Crippen LogP contribution is -2.26. The van der Waals surface area contributed by atoms with E-state index in [2.05, 4.69) is 64.9 Å². The predicted molar refractivity (Wildman–Crippen MR) is 280 cm³/mol. The Morgan fingerprint density at radius 1 is 0.486 bits per heavy atom. The lowest BCUT2D eigenvalue weighted by atomic mass is 9.98. The van der Waals surface area contributed by atoms with E-state index in [1.165, 1.54) is 60.4 Å². The summed E-state index contributed by atoms with van der Waals surface area (Å²) in [5.41, 5.74) is 23.3. The van der Waals surface area contributed by atoms with Crippen LogP contribution in [0.5, 0.6) is 0 Å². The van der Waals surface area contributed by atoms with Crippen molar-refractivity contribution in [3.05, 3.63) is 214 Å². The Balaban J connectivity index is 0.000000219. The molecule has 0 aliphatic heterocycles. The monoisotopic (exact) mass is 1000 g/mol. The number of benzene rings is 6. The molecule has 0 bridgehead atoms. The molecule has 2 amide bonds. The van der Waals surface area contributed by atoms with Crippen molar-refractivity contribution in [1.82, 2.24) is 10.6 Å². The molecule has 0 fully saturated rings. The topological polar surface area (TPSA) is 256 Å². The molecular formula is C58H60N4O12. The number of fused-ring (bicyclic) bond motifs is 6. The van der Waals surface area contributed by atoms with Crippen LogP contribution < -0.4 is 22.1 Å². The summed E-state index contributed by atoms with van der Waals surface area (Å²) >= 11 is 0. The van der Waals surface area contributed by atoms with Gasteiger partial charge in [0.15, 0.2) is 0 Å². The smallest absolute Gasteiger partial charge is 0.407 e. The fraction of sp³-hybridized carbons (Fsp3) is 0.207. The normalized spacial score (nSPS) is 11.3. The van der Waals surface area contributed by atoms with Gasteiger partial charge in [-0.05, 0) is 91.0 Å². The average molecular weight is 1010 g/mol. The van der Waals surface area contributed by atoms with Crippen molar-refractivity contribution >= 4 is 36.1 Å². The summed E-state index contributed by atoms with van der Waals surface area (Å²) in [5.74, 6) is -2.45. The van der Waals surface area contributed by atoms with E-state index in [1.54, 1.807) is 18.2 Å². The van der Waals surface area contributed by atoms with Crippen LogP contribution in [0.4, 0.5) is 9.59 Å². The number of carbonyl (C=O) groups is 6. The predicted octanol–water partition coefficient (Wildman–Crippen LogP) is 9.24. The quantitative estimate of drug-likeness (QED) is 0.0300. The average Bonchev–Trinajstić information content (AvgIpc) is 3.91. The summed E-state index contributed by atoms with van der Waals surface area (Å²) in [6, 6.07) is 42.3. The van der Waals surface area contributed by atoms with Gasteiger partial charge >= 0.3 is 36.1 Å². The second kappa shape index (κ2) is 28.2. The highest BCUT2D eigenvalue weighted by Crippen LogP contribution is 2.45. The molecule has 8 N–H and O–H groups in total. The first-order valence-corrected chi connectivity index (χ1v) is 23.5. The van der Waals surface area contributed by atoms with Gasteiger partial charge in [-0.2, -0.15) is 0 Å². The van der Waals surface area contributed by atoms with Crippen LogP contribution in [0.3, 0.4) is 0 Å². The molecule has 16 heteroatoms. The van der Waals surface area contributed by atoms with E-state index in [4.69, 9.17) is 30.8 Å². The van der Waals surface area contributed by atoms with Gasteiger partial charge in [-0.15, -0.1) is 0 Å². The molecule has 16 nitrogen and oxygen atoms in total. The van der Waals surface area contributed by atoms with Gasteiger partial charge in [0, 0.05) is 51.9 Å². The molecule has 2 aliphatic rings. The summed E-state index contributed by atoms with van der Waals surface area (Å²) in [6.45, 7) is 11.4. The van der Waals surface area contributed by atoms with Crippen LogP contribution >= 0.6 is 0 Å². The third-order valence-corrected chi connectivity index (χ3v) is 11.4. The van der Waals surface area contributed by atoms with Gasteiger partial charge < -0.3 is 51.3 Å². The molecule has 74 heavy (non-hydrogen) atoms. The number of carboxylic acid groups (broad SMARTS) is 2. The Labute approximate surface area is 429 Å². The van der Waals surface area contributed by atoms with Crippen LogP contribution in [-0.4, -0.2) is 72.7 Å². The summed E-state index contributed by atoms with van der Waals surface area (Å²) in [7, 11) is 0. The van der Waals surface area contributed by atoms with Crippen LogP contribution in [0, 0.1) is 0 Å². The van der Waals surface area contributed by atoms with Crippen molar-refractivity contribution in [3.8, 4) is 22.3 Å². The number of amides is 2. The van der Waals surface area contributed by atoms with Crippen LogP contribution in [-0.2, 0) is 54.7 Å². The summed E-state index contributed by atoms with van der Waals surface area (Å²) < 4.78 is 20.0. The first-order valence-electron chi connectivity index (χ1n) is 23.5. The molecule has 0 saturated heterocycles. The van der Waals surface area contributed by atoms with Crippen LogP contribution in [0.25, 0.3) is 22.3 Å². The van der Waals surface area contributed by atoms with Crippen LogP contribution in [0.2, 0.25) is 0 Å². The molecule has 384 valence electrons. The van der Waals surface area contributed by atoms with Gasteiger partial charge in [0.1, 0.15) is 26.4 Å². The SMILES string of the molecule is C=CCOC(=O)NCc1cc(CNC(=O)OCC2c3ccccc3-c3ccccc32)cc(C(=O)O)c1.C=CCOC(C)=O.CC(=O)OCC1c2ccccc2-c2ccccc21.NCc1cc(CN)cc(C(=O)O)c1. The largest absolute Gasteiger partial charge is 0.478 e. The third kappa shape index (κ3) is 16.1. The van der Waals surface area contributed by atoms with Crippen molar-refractivity contribution in [3.63, 3.8) is 0 Å². The zero-order valence-corrected chi connectivity index (χ0v) is 41.2. The molecule has 0 unspecified atom stereocenters. The van der Waals surface area contributed by atoms with Gasteiger partial charge in [0.25, 0.3) is 0 Å². The van der Waals surface area contributed by atoms with E-state index in [0.29, 0.717) is 37.4 Å². The van der Waals surface area contributed by atoms with E-state index in [9.17, 15) is 33.9 Å². The lowest BCUT2D eigenvalue weighted by molar-refractivity contribution is -0.141. The van der Waals surface area contributed by atoms with Crippen molar-refractivity contribution < 1.29 is 57.9 Å². The van der Waals surface area contributed by atoms with E-state index < -0.39 is 24.1 Å². The number of ether oxygens (including phenoxy) is 4. The number of carbonyl (C=O) groups excluding carboxylic acids is 4. The molecule has 6 aromatic rings. The Morgan fingerprint density at radius 3 is 1.15 bits per heavy atom. The summed E-state index contributed by atoms with van der Waals surface area (Å²) in [5, 5.41) is 23.4. The van der Waals surface area contributed by atoms with E-state index in [0.717, 1.165) is 33.4 Å². The first kappa shape index (κ1) is 56.1. The van der Waals surface area contributed by atoms with Crippen molar-refractivity contribution in [2.24, 2.45) is 11.5 Å². The Kier molecular flexibility index (Phi) is 21.4. The van der Waals surface area contributed by atoms with Gasteiger partial charge in [0.2, 0.25) is 0 Å². The molecule has 6 aromatic carbocycles. The Hall–Kier alpha value is -8.86. The second-order valence-corrected chi connectivity index (χ2v) is 16.6. The van der Waals surface area contributed by atoms with Crippen LogP contribution in [0.1, 0.15) is 90.9 Å². The van der Waals surface area contributed by atoms with E-state index in [-0.39, 0.29) is 61.2 Å². The zero-order chi connectivity index (χ0) is 53.6. The van der Waals surface area contributed by atoms with Gasteiger partial charge in [-0.1, -0.05) is 135 Å². The molecular weight excluding hydrogens is 945 g/mol. The standard InChI is InChI=1S/C28H26N2O6.C16H14O2.C9H12N2O2.C5H8O2/c1-2-11-35-27(33)29-15-18-12-19(14-20(13-18)26(31)32)16-30-28(34)36-17-25-23-9-5-3-7-21(23)22-8-4-6-10-24(22)25;1-11(17)18-10-16-14-8-4-2-6-12(14)13-7-3-5-9-15(13)16;10-4-6-1-7(5-11)3-8(2-6)9(12)13;1-3-4-7-5(2)6/h2-10,12-14,25H,1,11,15-17H2,(H,29,33)(H,30,34)(H,31,32);2-9,16H,10H2,1H3;1-3H,4-5,10-11H2,(H,12,13);3H,1,4H2,2H3. The minimum atomic E-state index is -1.12. The van der Waals surface area contributed by atoms with Crippen molar-refractivity contribution in [2.75, 3.05) is 26.4 Å². The number of aromatic carboxylic acids is 2. The summed E-state index contributed by atoms with van der Waals surface area (Å²) in [6.07, 6.45) is 1.72. The number of nitrogens with two attached hydrogens (primary N) is 2. The van der Waals surface area contributed by atoms with Crippen molar-refractivity contribution in [2.45, 2.75) is 51.9 Å². The number of nitrogens with one attached hydrogen (secondary N) is 2. The molecule has 0 radical (unpaired) electrons. The second-order valence-electron chi connectivity index (χ2n) is 16.6. The molecule has 0 aromatic heterocycles. The van der Waals surface area contributed by atoms with Gasteiger partial charge in [-0.25, -0.2) is 19.2 Å². The highest BCUT2D eigenvalue weighted by Gasteiger charge is 2.30. The highest BCUT2D eigenvalue weighted by atomic mass is 16.6. The van der Waals surface area contributed by atoms with Crippen LogP contribution in [0.15, 0.2) is 159 Å². The molecule has 2 aliphatic carbocycles. The van der Waals surface area contributed by atoms with Gasteiger partial charge in [-0.3, -0.25) is 9.59 Å². The maximum atomic E-state index is 12.5. The highest BCUT2D eigenvalue weighted by molar-refractivity contribution is 5.89. The summed E-state index contributed by atoms with van der Waals surface area (Å²) in [4.78, 5) is 67.3. The number of hydrogen-bond acceptors (Lipinski definition) is 12. The minimum absolute atomic E-state index is 0.0399. The fourth-order valence-corrected chi connectivity index (χ4v) is 8.21. The number of hydrogen-bond donors (Lipinski definition) is 6. The third-order valence-electron chi connectivity index (χ3n) is 11.4. The number of alkyl carbamates (subject to hydrolysis) is 2. The van der Waals surface area contributed by atoms with E-state index >= 15 is 0 Å². The first-order chi connectivity index (χ1) is 35.7. The molecule has 8 rings (SSSR count). The number of carboxylic acids is 2. The Morgan fingerprint density at radius 2 is 0.811 bits per heavy atom. The zero-order valence-electron chi connectivity index (χ0n) is 41.2. The maximum Gasteiger partial charge on any atom is 0.407 e. The molecule has 0 atom stereocenters. The minimum Gasteiger partial charge on any atom is -0.478 e. The molecule has 0 spiro atoms.